The van der Waals surface area contributed by atoms with Crippen LogP contribution in [-0.4, -0.2) is 22.2 Å². The lowest BCUT2D eigenvalue weighted by atomic mass is 10.1. The van der Waals surface area contributed by atoms with Gasteiger partial charge in [-0.25, -0.2) is 0 Å². The Morgan fingerprint density at radius 3 is 2.53 bits per heavy atom. The van der Waals surface area contributed by atoms with E-state index < -0.39 is 0 Å². The van der Waals surface area contributed by atoms with Crippen molar-refractivity contribution < 1.29 is 4.79 Å². The molecule has 0 spiro atoms. The van der Waals surface area contributed by atoms with Crippen molar-refractivity contribution in [2.75, 3.05) is 6.54 Å². The molecule has 0 aromatic carbocycles. The molecule has 4 heteroatoms. The van der Waals surface area contributed by atoms with E-state index in [2.05, 4.69) is 38.1 Å². The van der Waals surface area contributed by atoms with E-state index in [1.165, 1.54) is 0 Å². The predicted molar refractivity (Wildman–Crippen MR) is 69.1 cm³/mol. The van der Waals surface area contributed by atoms with Gasteiger partial charge in [-0.3, -0.25) is 9.48 Å². The van der Waals surface area contributed by atoms with Gasteiger partial charge in [0.15, 0.2) is 0 Å². The maximum atomic E-state index is 11.8. The molecule has 0 aliphatic rings. The smallest absolute Gasteiger partial charge is 0.271 e. The number of rotatable bonds is 5. The maximum Gasteiger partial charge on any atom is 0.271 e. The lowest BCUT2D eigenvalue weighted by Gasteiger charge is -2.07. The fraction of sp³-hybridized carbons (Fsp3) is 0.692. The molecule has 0 saturated carbocycles. The number of carbonyl (C=O) groups is 1. The molecule has 0 unspecified atom stereocenters. The maximum absolute atomic E-state index is 11.8. The van der Waals surface area contributed by atoms with Crippen LogP contribution < -0.4 is 5.32 Å². The number of aromatic nitrogens is 2. The molecule has 1 aromatic rings. The second-order valence-corrected chi connectivity index (χ2v) is 5.15. The Kier molecular flexibility index (Phi) is 4.73. The fourth-order valence-corrected chi connectivity index (χ4v) is 1.69. The van der Waals surface area contributed by atoms with E-state index in [0.29, 0.717) is 18.2 Å². The molecule has 17 heavy (non-hydrogen) atoms. The summed E-state index contributed by atoms with van der Waals surface area (Å²) in [5, 5.41) is 7.21. The van der Waals surface area contributed by atoms with E-state index in [1.54, 1.807) is 0 Å². The van der Waals surface area contributed by atoms with E-state index in [0.717, 1.165) is 12.1 Å². The van der Waals surface area contributed by atoms with Gasteiger partial charge in [-0.15, -0.1) is 0 Å². The number of carbonyl (C=O) groups excluding carboxylic acids is 1. The molecule has 1 aromatic heterocycles. The highest BCUT2D eigenvalue weighted by atomic mass is 16.1. The normalized spacial score (nSPS) is 11.2. The van der Waals surface area contributed by atoms with Gasteiger partial charge in [-0.2, -0.15) is 5.10 Å². The van der Waals surface area contributed by atoms with Crippen LogP contribution in [0, 0.1) is 12.8 Å². The molecule has 4 nitrogen and oxygen atoms in total. The van der Waals surface area contributed by atoms with Crippen LogP contribution in [0.2, 0.25) is 0 Å². The van der Waals surface area contributed by atoms with Crippen LogP contribution in [0.1, 0.15) is 56.3 Å². The Bertz CT molecular complexity index is 380. The Morgan fingerprint density at radius 2 is 2.06 bits per heavy atom. The van der Waals surface area contributed by atoms with Crippen molar-refractivity contribution in [3.63, 3.8) is 0 Å². The summed E-state index contributed by atoms with van der Waals surface area (Å²) in [5.41, 5.74) is 1.54. The lowest BCUT2D eigenvalue weighted by Crippen LogP contribution is -2.26. The molecule has 0 bridgehead atoms. The molecule has 0 radical (unpaired) electrons. The monoisotopic (exact) mass is 237 g/mol. The first-order chi connectivity index (χ1) is 7.91. The molecule has 96 valence electrons. The van der Waals surface area contributed by atoms with Crippen molar-refractivity contribution in [2.24, 2.45) is 5.92 Å². The molecule has 0 fully saturated rings. The van der Waals surface area contributed by atoms with Crippen LogP contribution in [0.15, 0.2) is 6.07 Å². The number of amides is 1. The lowest BCUT2D eigenvalue weighted by molar-refractivity contribution is 0.0946. The van der Waals surface area contributed by atoms with Gasteiger partial charge in [0.2, 0.25) is 0 Å². The second-order valence-electron chi connectivity index (χ2n) is 5.15. The second kappa shape index (κ2) is 5.84. The summed E-state index contributed by atoms with van der Waals surface area (Å²) >= 11 is 0. The van der Waals surface area contributed by atoms with Gasteiger partial charge < -0.3 is 5.32 Å². The number of hydrogen-bond donors (Lipinski definition) is 1. The fourth-order valence-electron chi connectivity index (χ4n) is 1.69. The van der Waals surface area contributed by atoms with Gasteiger partial charge in [0.1, 0.15) is 5.69 Å². The number of nitrogens with zero attached hydrogens (tertiary/aromatic N) is 2. The van der Waals surface area contributed by atoms with Crippen molar-refractivity contribution in [1.82, 2.24) is 15.1 Å². The molecule has 0 atom stereocenters. The van der Waals surface area contributed by atoms with E-state index in [4.69, 9.17) is 0 Å². The van der Waals surface area contributed by atoms with Crippen molar-refractivity contribution in [3.05, 3.63) is 17.5 Å². The third kappa shape index (κ3) is 3.88. The third-order valence-electron chi connectivity index (χ3n) is 2.65. The van der Waals surface area contributed by atoms with Crippen LogP contribution in [0.3, 0.4) is 0 Å². The largest absolute Gasteiger partial charge is 0.351 e. The van der Waals surface area contributed by atoms with Crippen LogP contribution in [0.25, 0.3) is 0 Å². The molecule has 1 N–H and O–H groups in total. The number of nitrogens with one attached hydrogen (secondary N) is 1. The standard InChI is InChI=1S/C13H23N3O/c1-9(2)6-7-14-13(17)12-8-11(5)16(15-12)10(3)4/h8-10H,6-7H2,1-5H3,(H,14,17). The summed E-state index contributed by atoms with van der Waals surface area (Å²) in [4.78, 5) is 11.8. The Balaban J connectivity index is 2.60. The minimum absolute atomic E-state index is 0.0758. The first kappa shape index (κ1) is 13.7. The summed E-state index contributed by atoms with van der Waals surface area (Å²) in [5.74, 6) is 0.526. The van der Waals surface area contributed by atoms with E-state index in [-0.39, 0.29) is 11.9 Å². The van der Waals surface area contributed by atoms with Crippen LogP contribution in [-0.2, 0) is 0 Å². The van der Waals surface area contributed by atoms with E-state index in [9.17, 15) is 4.79 Å². The van der Waals surface area contributed by atoms with Crippen molar-refractivity contribution in [3.8, 4) is 0 Å². The van der Waals surface area contributed by atoms with Gasteiger partial charge in [0.05, 0.1) is 0 Å². The first-order valence-corrected chi connectivity index (χ1v) is 6.26. The average molecular weight is 237 g/mol. The zero-order chi connectivity index (χ0) is 13.0. The Morgan fingerprint density at radius 1 is 1.41 bits per heavy atom. The number of aryl methyl sites for hydroxylation is 1. The molecule has 1 heterocycles. The minimum atomic E-state index is -0.0758. The molecule has 0 saturated heterocycles. The van der Waals surface area contributed by atoms with Gasteiger partial charge in [-0.05, 0) is 39.2 Å². The van der Waals surface area contributed by atoms with Crippen molar-refractivity contribution >= 4 is 5.91 Å². The van der Waals surface area contributed by atoms with Gasteiger partial charge >= 0.3 is 0 Å². The van der Waals surface area contributed by atoms with E-state index >= 15 is 0 Å². The SMILES string of the molecule is Cc1cc(C(=O)NCCC(C)C)nn1C(C)C. The van der Waals surface area contributed by atoms with Crippen molar-refractivity contribution in [2.45, 2.75) is 47.1 Å². The third-order valence-corrected chi connectivity index (χ3v) is 2.65. The zero-order valence-corrected chi connectivity index (χ0v) is 11.4. The molecule has 0 aliphatic heterocycles. The highest BCUT2D eigenvalue weighted by molar-refractivity contribution is 5.92. The highest BCUT2D eigenvalue weighted by Gasteiger charge is 2.13. The summed E-state index contributed by atoms with van der Waals surface area (Å²) in [7, 11) is 0. The quantitative estimate of drug-likeness (QED) is 0.855. The predicted octanol–water partition coefficient (Wildman–Crippen LogP) is 2.55. The zero-order valence-electron chi connectivity index (χ0n) is 11.4. The molecular formula is C13H23N3O. The van der Waals surface area contributed by atoms with Crippen molar-refractivity contribution in [1.29, 1.82) is 0 Å². The molecule has 1 amide bonds. The van der Waals surface area contributed by atoms with E-state index in [1.807, 2.05) is 17.7 Å². The summed E-state index contributed by atoms with van der Waals surface area (Å²) in [6.07, 6.45) is 0.996. The molecular weight excluding hydrogens is 214 g/mol. The van der Waals surface area contributed by atoms with Gasteiger partial charge in [-0.1, -0.05) is 13.8 Å². The summed E-state index contributed by atoms with van der Waals surface area (Å²) in [6, 6.07) is 2.12. The minimum Gasteiger partial charge on any atom is -0.351 e. The van der Waals surface area contributed by atoms with Crippen LogP contribution in [0.4, 0.5) is 0 Å². The van der Waals surface area contributed by atoms with Crippen LogP contribution in [0.5, 0.6) is 0 Å². The molecule has 0 aliphatic carbocycles. The van der Waals surface area contributed by atoms with Gasteiger partial charge in [0, 0.05) is 18.3 Å². The topological polar surface area (TPSA) is 46.9 Å². The summed E-state index contributed by atoms with van der Waals surface area (Å²) in [6.45, 7) is 11.1. The highest BCUT2D eigenvalue weighted by Crippen LogP contribution is 2.10. The first-order valence-electron chi connectivity index (χ1n) is 6.26. The van der Waals surface area contributed by atoms with Gasteiger partial charge in [0.25, 0.3) is 5.91 Å². The summed E-state index contributed by atoms with van der Waals surface area (Å²) < 4.78 is 1.87. The van der Waals surface area contributed by atoms with Crippen LogP contribution >= 0.6 is 0 Å². The Hall–Kier alpha value is -1.32. The number of hydrogen-bond acceptors (Lipinski definition) is 2. The molecule has 1 rings (SSSR count). The Labute approximate surface area is 103 Å². The average Bonchev–Trinajstić information content (AvgIpc) is 2.59.